The summed E-state index contributed by atoms with van der Waals surface area (Å²) in [5.41, 5.74) is 0.651. The van der Waals surface area contributed by atoms with Gasteiger partial charge < -0.3 is 14.4 Å². The van der Waals surface area contributed by atoms with Gasteiger partial charge in [-0.15, -0.1) is 0 Å². The van der Waals surface area contributed by atoms with Crippen LogP contribution in [0.15, 0.2) is 36.4 Å². The maximum absolute atomic E-state index is 13.3. The molecule has 0 spiro atoms. The Morgan fingerprint density at radius 1 is 0.962 bits per heavy atom. The van der Waals surface area contributed by atoms with Gasteiger partial charge in [-0.25, -0.2) is 8.78 Å². The van der Waals surface area contributed by atoms with Crippen LogP contribution in [0.5, 0.6) is 11.5 Å². The Morgan fingerprint density at radius 2 is 1.69 bits per heavy atom. The molecule has 136 valence electrons. The first kappa shape index (κ1) is 17.8. The minimum Gasteiger partial charge on any atom is -0.486 e. The highest BCUT2D eigenvalue weighted by molar-refractivity contribution is 6.01. The van der Waals surface area contributed by atoms with Crippen molar-refractivity contribution in [3.05, 3.63) is 53.6 Å². The smallest absolute Gasteiger partial charge is 0.227 e. The highest BCUT2D eigenvalue weighted by atomic mass is 19.2. The number of nitrogens with zero attached hydrogens (tertiary/aromatic N) is 1. The Labute approximate surface area is 149 Å². The summed E-state index contributed by atoms with van der Waals surface area (Å²) in [5, 5.41) is 0. The van der Waals surface area contributed by atoms with Crippen molar-refractivity contribution in [2.75, 3.05) is 25.2 Å². The van der Waals surface area contributed by atoms with Gasteiger partial charge in [-0.2, -0.15) is 0 Å². The lowest BCUT2D eigenvalue weighted by Gasteiger charge is -2.19. The van der Waals surface area contributed by atoms with Gasteiger partial charge >= 0.3 is 0 Å². The Balaban J connectivity index is 1.61. The highest BCUT2D eigenvalue weighted by Gasteiger charge is 2.18. The molecular formula is C19H17F2NO4. The van der Waals surface area contributed by atoms with Gasteiger partial charge in [0.1, 0.15) is 13.2 Å². The zero-order valence-electron chi connectivity index (χ0n) is 14.1. The number of rotatable bonds is 5. The van der Waals surface area contributed by atoms with E-state index >= 15 is 0 Å². The molecule has 0 aromatic heterocycles. The molecule has 0 unspecified atom stereocenters. The average molecular weight is 361 g/mol. The van der Waals surface area contributed by atoms with Crippen LogP contribution >= 0.6 is 0 Å². The number of halogens is 2. The summed E-state index contributed by atoms with van der Waals surface area (Å²) in [6.07, 6.45) is -0.0603. The molecule has 0 aliphatic carbocycles. The van der Waals surface area contributed by atoms with Crippen LogP contribution in [0.4, 0.5) is 14.5 Å². The SMILES string of the molecule is CN(C(=O)CCC(=O)c1ccc2c(c1)OCCO2)c1ccc(F)c(F)c1. The molecule has 2 aromatic rings. The van der Waals surface area contributed by atoms with Gasteiger partial charge in [0.2, 0.25) is 5.91 Å². The number of amides is 1. The first-order valence-electron chi connectivity index (χ1n) is 8.10. The monoisotopic (exact) mass is 361 g/mol. The lowest BCUT2D eigenvalue weighted by molar-refractivity contribution is -0.118. The second-order valence-electron chi connectivity index (χ2n) is 5.83. The molecule has 0 atom stereocenters. The van der Waals surface area contributed by atoms with E-state index < -0.39 is 11.6 Å². The maximum Gasteiger partial charge on any atom is 0.227 e. The zero-order valence-corrected chi connectivity index (χ0v) is 14.1. The molecule has 1 amide bonds. The van der Waals surface area contributed by atoms with E-state index in [2.05, 4.69) is 0 Å². The predicted molar refractivity (Wildman–Crippen MR) is 90.8 cm³/mol. The number of ether oxygens (including phenoxy) is 2. The maximum atomic E-state index is 13.3. The van der Waals surface area contributed by atoms with E-state index in [1.807, 2.05) is 0 Å². The molecular weight excluding hydrogens is 344 g/mol. The first-order chi connectivity index (χ1) is 12.5. The molecule has 1 heterocycles. The predicted octanol–water partition coefficient (Wildman–Crippen LogP) is 3.36. The third-order valence-electron chi connectivity index (χ3n) is 4.09. The van der Waals surface area contributed by atoms with E-state index in [4.69, 9.17) is 9.47 Å². The number of ketones is 1. The quantitative estimate of drug-likeness (QED) is 0.767. The summed E-state index contributed by atoms with van der Waals surface area (Å²) >= 11 is 0. The topological polar surface area (TPSA) is 55.8 Å². The Kier molecular flexibility index (Phi) is 5.16. The van der Waals surface area contributed by atoms with Crippen LogP contribution < -0.4 is 14.4 Å². The van der Waals surface area contributed by atoms with Crippen molar-refractivity contribution in [3.63, 3.8) is 0 Å². The molecule has 0 bridgehead atoms. The molecule has 1 aliphatic rings. The van der Waals surface area contributed by atoms with Crippen LogP contribution in [0.25, 0.3) is 0 Å². The molecule has 0 N–H and O–H groups in total. The van der Waals surface area contributed by atoms with Gasteiger partial charge in [0, 0.05) is 37.2 Å². The Bertz CT molecular complexity index is 853. The van der Waals surface area contributed by atoms with Crippen molar-refractivity contribution in [3.8, 4) is 11.5 Å². The standard InChI is InChI=1S/C19H17F2NO4/c1-22(13-3-4-14(20)15(21)11-13)19(24)7-5-16(23)12-2-6-17-18(10-12)26-9-8-25-17/h2-4,6,10-11H,5,7-9H2,1H3. The number of anilines is 1. The van der Waals surface area contributed by atoms with E-state index in [1.165, 1.54) is 18.0 Å². The van der Waals surface area contributed by atoms with Crippen molar-refractivity contribution >= 4 is 17.4 Å². The van der Waals surface area contributed by atoms with Crippen molar-refractivity contribution in [1.82, 2.24) is 0 Å². The summed E-state index contributed by atoms with van der Waals surface area (Å²) < 4.78 is 37.1. The van der Waals surface area contributed by atoms with Gasteiger partial charge in [0.25, 0.3) is 0 Å². The van der Waals surface area contributed by atoms with E-state index in [0.29, 0.717) is 30.3 Å². The lowest BCUT2D eigenvalue weighted by Crippen LogP contribution is -2.26. The third-order valence-corrected chi connectivity index (χ3v) is 4.09. The van der Waals surface area contributed by atoms with E-state index in [0.717, 1.165) is 12.1 Å². The summed E-state index contributed by atoms with van der Waals surface area (Å²) in [7, 11) is 1.45. The number of hydrogen-bond donors (Lipinski definition) is 0. The zero-order chi connectivity index (χ0) is 18.7. The number of hydrogen-bond acceptors (Lipinski definition) is 4. The largest absolute Gasteiger partial charge is 0.486 e. The highest BCUT2D eigenvalue weighted by Crippen LogP contribution is 2.31. The van der Waals surface area contributed by atoms with Crippen LogP contribution in [0.1, 0.15) is 23.2 Å². The first-order valence-corrected chi connectivity index (χ1v) is 8.10. The molecule has 3 rings (SSSR count). The summed E-state index contributed by atoms with van der Waals surface area (Å²) in [5.74, 6) is -1.51. The second kappa shape index (κ2) is 7.51. The van der Waals surface area contributed by atoms with Crippen LogP contribution in [0.2, 0.25) is 0 Å². The van der Waals surface area contributed by atoms with Crippen LogP contribution in [-0.4, -0.2) is 32.0 Å². The molecule has 0 fully saturated rings. The van der Waals surface area contributed by atoms with Gasteiger partial charge in [-0.05, 0) is 30.3 Å². The van der Waals surface area contributed by atoms with Gasteiger partial charge in [0.05, 0.1) is 0 Å². The summed E-state index contributed by atoms with van der Waals surface area (Å²) in [6, 6.07) is 8.08. The summed E-state index contributed by atoms with van der Waals surface area (Å²) in [6.45, 7) is 0.882. The van der Waals surface area contributed by atoms with Crippen molar-refractivity contribution in [2.24, 2.45) is 0 Å². The van der Waals surface area contributed by atoms with E-state index in [9.17, 15) is 18.4 Å². The Hall–Kier alpha value is -2.96. The molecule has 26 heavy (non-hydrogen) atoms. The molecule has 7 heteroatoms. The van der Waals surface area contributed by atoms with Crippen LogP contribution in [0.3, 0.4) is 0 Å². The number of carbonyl (C=O) groups excluding carboxylic acids is 2. The normalized spacial score (nSPS) is 12.6. The molecule has 1 aliphatic heterocycles. The molecule has 2 aromatic carbocycles. The van der Waals surface area contributed by atoms with Crippen molar-refractivity contribution in [1.29, 1.82) is 0 Å². The summed E-state index contributed by atoms with van der Waals surface area (Å²) in [4.78, 5) is 25.7. The van der Waals surface area contributed by atoms with Crippen molar-refractivity contribution in [2.45, 2.75) is 12.8 Å². The fourth-order valence-corrected chi connectivity index (χ4v) is 2.59. The van der Waals surface area contributed by atoms with E-state index in [1.54, 1.807) is 18.2 Å². The molecule has 5 nitrogen and oxygen atoms in total. The van der Waals surface area contributed by atoms with Crippen LogP contribution in [-0.2, 0) is 4.79 Å². The number of carbonyl (C=O) groups is 2. The van der Waals surface area contributed by atoms with Crippen LogP contribution in [0, 0.1) is 11.6 Å². The van der Waals surface area contributed by atoms with Crippen molar-refractivity contribution < 1.29 is 27.8 Å². The van der Waals surface area contributed by atoms with Gasteiger partial charge in [-0.3, -0.25) is 9.59 Å². The fourth-order valence-electron chi connectivity index (χ4n) is 2.59. The van der Waals surface area contributed by atoms with Gasteiger partial charge in [0.15, 0.2) is 28.9 Å². The van der Waals surface area contributed by atoms with Gasteiger partial charge in [-0.1, -0.05) is 0 Å². The Morgan fingerprint density at radius 3 is 2.42 bits per heavy atom. The third kappa shape index (κ3) is 3.82. The molecule has 0 radical (unpaired) electrons. The number of benzene rings is 2. The van der Waals surface area contributed by atoms with E-state index in [-0.39, 0.29) is 30.2 Å². The molecule has 0 saturated carbocycles. The minimum absolute atomic E-state index is 0.00745. The fraction of sp³-hybridized carbons (Fsp3) is 0.263. The average Bonchev–Trinajstić information content (AvgIpc) is 2.67. The second-order valence-corrected chi connectivity index (χ2v) is 5.83. The number of fused-ring (bicyclic) bond motifs is 1. The minimum atomic E-state index is -1.03. The lowest BCUT2D eigenvalue weighted by atomic mass is 10.1. The number of Topliss-reactive ketones (excluding diaryl/α,β-unsaturated/α-hetero) is 1. The molecule has 0 saturated heterocycles.